The quantitative estimate of drug-likeness (QED) is 0.848. The highest BCUT2D eigenvalue weighted by Gasteiger charge is 2.11. The number of alkyl halides is 2. The molecule has 1 aromatic rings. The summed E-state index contributed by atoms with van der Waals surface area (Å²) in [6, 6.07) is 4.56. The fraction of sp³-hybridized carbons (Fsp3) is 0.182. The van der Waals surface area contributed by atoms with Crippen LogP contribution in [0.3, 0.4) is 0 Å². The van der Waals surface area contributed by atoms with Crippen LogP contribution < -0.4 is 5.32 Å². The molecule has 86 valence electrons. The van der Waals surface area contributed by atoms with E-state index in [1.54, 1.807) is 6.07 Å². The number of hydrogen-bond donors (Lipinski definition) is 1. The van der Waals surface area contributed by atoms with Gasteiger partial charge in [-0.1, -0.05) is 28.6 Å². The van der Waals surface area contributed by atoms with E-state index in [2.05, 4.69) is 27.8 Å². The van der Waals surface area contributed by atoms with E-state index in [4.69, 9.17) is 0 Å². The van der Waals surface area contributed by atoms with Gasteiger partial charge in [0.25, 0.3) is 6.43 Å². The molecule has 1 N–H and O–H groups in total. The molecule has 16 heavy (non-hydrogen) atoms. The van der Waals surface area contributed by atoms with Gasteiger partial charge in [0.1, 0.15) is 0 Å². The molecular formula is C11H10BrF2NO. The SMILES string of the molecule is C=CC(=O)NCc1ccc(Br)c(C(F)F)c1. The lowest BCUT2D eigenvalue weighted by atomic mass is 10.1. The summed E-state index contributed by atoms with van der Waals surface area (Å²) >= 11 is 3.04. The molecule has 0 heterocycles. The van der Waals surface area contributed by atoms with Crippen molar-refractivity contribution in [3.63, 3.8) is 0 Å². The van der Waals surface area contributed by atoms with Crippen molar-refractivity contribution in [1.82, 2.24) is 5.32 Å². The summed E-state index contributed by atoms with van der Waals surface area (Å²) in [5.74, 6) is -0.332. The van der Waals surface area contributed by atoms with Gasteiger partial charge in [-0.2, -0.15) is 0 Å². The molecule has 5 heteroatoms. The minimum absolute atomic E-state index is 0.0784. The maximum absolute atomic E-state index is 12.5. The first kappa shape index (κ1) is 12.8. The van der Waals surface area contributed by atoms with Gasteiger partial charge in [0.2, 0.25) is 5.91 Å². The monoisotopic (exact) mass is 289 g/mol. The Morgan fingerprint density at radius 1 is 1.56 bits per heavy atom. The molecule has 1 aromatic carbocycles. The first-order valence-electron chi connectivity index (χ1n) is 4.51. The molecule has 0 unspecified atom stereocenters. The van der Waals surface area contributed by atoms with Gasteiger partial charge in [-0.05, 0) is 23.8 Å². The van der Waals surface area contributed by atoms with Crippen molar-refractivity contribution in [3.8, 4) is 0 Å². The van der Waals surface area contributed by atoms with Crippen LogP contribution in [-0.2, 0) is 11.3 Å². The highest BCUT2D eigenvalue weighted by Crippen LogP contribution is 2.28. The number of carbonyl (C=O) groups excluding carboxylic acids is 1. The molecule has 0 fully saturated rings. The van der Waals surface area contributed by atoms with Gasteiger partial charge in [-0.15, -0.1) is 0 Å². The largest absolute Gasteiger partial charge is 0.348 e. The average Bonchev–Trinajstić information content (AvgIpc) is 2.27. The summed E-state index contributed by atoms with van der Waals surface area (Å²) in [7, 11) is 0. The zero-order chi connectivity index (χ0) is 12.1. The van der Waals surface area contributed by atoms with Crippen LogP contribution in [0.4, 0.5) is 8.78 Å². The third kappa shape index (κ3) is 3.41. The summed E-state index contributed by atoms with van der Waals surface area (Å²) in [6.07, 6.45) is -1.41. The van der Waals surface area contributed by atoms with Crippen LogP contribution in [0.5, 0.6) is 0 Å². The van der Waals surface area contributed by atoms with Crippen LogP contribution in [0, 0.1) is 0 Å². The molecule has 0 aromatic heterocycles. The third-order valence-electron chi connectivity index (χ3n) is 1.95. The average molecular weight is 290 g/mol. The second-order valence-electron chi connectivity index (χ2n) is 3.08. The smallest absolute Gasteiger partial charge is 0.264 e. The second kappa shape index (κ2) is 5.75. The Morgan fingerprint density at radius 2 is 2.25 bits per heavy atom. The predicted octanol–water partition coefficient (Wildman–Crippen LogP) is 3.19. The van der Waals surface area contributed by atoms with Crippen molar-refractivity contribution in [2.75, 3.05) is 0 Å². The standard InChI is InChI=1S/C11H10BrF2NO/c1-2-10(16)15-6-7-3-4-9(12)8(5-7)11(13)14/h2-5,11H,1,6H2,(H,15,16). The first-order valence-corrected chi connectivity index (χ1v) is 5.30. The van der Waals surface area contributed by atoms with Gasteiger partial charge < -0.3 is 5.32 Å². The molecule has 0 bridgehead atoms. The van der Waals surface area contributed by atoms with Gasteiger partial charge in [-0.25, -0.2) is 8.78 Å². The fourth-order valence-electron chi connectivity index (χ4n) is 1.13. The molecule has 2 nitrogen and oxygen atoms in total. The first-order chi connectivity index (χ1) is 7.54. The molecule has 0 spiro atoms. The van der Waals surface area contributed by atoms with Crippen molar-refractivity contribution in [3.05, 3.63) is 46.5 Å². The van der Waals surface area contributed by atoms with E-state index in [-0.39, 0.29) is 18.0 Å². The van der Waals surface area contributed by atoms with Crippen molar-refractivity contribution in [2.45, 2.75) is 13.0 Å². The Labute approximate surface area is 100 Å². The molecule has 0 aliphatic rings. The molecule has 0 saturated heterocycles. The van der Waals surface area contributed by atoms with Gasteiger partial charge in [0, 0.05) is 16.6 Å². The Bertz CT molecular complexity index is 407. The van der Waals surface area contributed by atoms with Crippen LogP contribution >= 0.6 is 15.9 Å². The third-order valence-corrected chi connectivity index (χ3v) is 2.67. The minimum atomic E-state index is -2.54. The lowest BCUT2D eigenvalue weighted by molar-refractivity contribution is -0.116. The van der Waals surface area contributed by atoms with Crippen molar-refractivity contribution in [1.29, 1.82) is 0 Å². The maximum Gasteiger partial charge on any atom is 0.264 e. The van der Waals surface area contributed by atoms with Crippen LogP contribution in [0.2, 0.25) is 0 Å². The lowest BCUT2D eigenvalue weighted by Crippen LogP contribution is -2.19. The molecule has 1 rings (SSSR count). The second-order valence-corrected chi connectivity index (χ2v) is 3.93. The number of amides is 1. The molecule has 0 aliphatic heterocycles. The van der Waals surface area contributed by atoms with Crippen molar-refractivity contribution in [2.24, 2.45) is 0 Å². The van der Waals surface area contributed by atoms with Gasteiger partial charge >= 0.3 is 0 Å². The van der Waals surface area contributed by atoms with Crippen molar-refractivity contribution < 1.29 is 13.6 Å². The molecule has 0 radical (unpaired) electrons. The van der Waals surface area contributed by atoms with E-state index in [1.165, 1.54) is 12.1 Å². The number of hydrogen-bond acceptors (Lipinski definition) is 1. The number of nitrogens with one attached hydrogen (secondary N) is 1. The summed E-state index contributed by atoms with van der Waals surface area (Å²) in [5, 5.41) is 2.52. The van der Waals surface area contributed by atoms with E-state index in [9.17, 15) is 13.6 Å². The topological polar surface area (TPSA) is 29.1 Å². The Morgan fingerprint density at radius 3 is 2.81 bits per heavy atom. The van der Waals surface area contributed by atoms with E-state index < -0.39 is 6.43 Å². The molecule has 0 saturated carbocycles. The molecular weight excluding hydrogens is 280 g/mol. The summed E-state index contributed by atoms with van der Waals surface area (Å²) < 4.78 is 25.4. The minimum Gasteiger partial charge on any atom is -0.348 e. The summed E-state index contributed by atoms with van der Waals surface area (Å²) in [5.41, 5.74) is 0.541. The van der Waals surface area contributed by atoms with Crippen LogP contribution in [0.15, 0.2) is 35.3 Å². The van der Waals surface area contributed by atoms with Crippen molar-refractivity contribution >= 4 is 21.8 Å². The maximum atomic E-state index is 12.5. The van der Waals surface area contributed by atoms with E-state index >= 15 is 0 Å². The molecule has 0 atom stereocenters. The zero-order valence-corrected chi connectivity index (χ0v) is 9.93. The fourth-order valence-corrected chi connectivity index (χ4v) is 1.55. The van der Waals surface area contributed by atoms with Gasteiger partial charge in [0.15, 0.2) is 0 Å². The van der Waals surface area contributed by atoms with Crippen LogP contribution in [-0.4, -0.2) is 5.91 Å². The van der Waals surface area contributed by atoms with E-state index in [1.807, 2.05) is 0 Å². The summed E-state index contributed by atoms with van der Waals surface area (Å²) in [6.45, 7) is 3.50. The van der Waals surface area contributed by atoms with Gasteiger partial charge in [0.05, 0.1) is 0 Å². The number of halogens is 3. The Kier molecular flexibility index (Phi) is 4.61. The highest BCUT2D eigenvalue weighted by atomic mass is 79.9. The molecule has 1 amide bonds. The van der Waals surface area contributed by atoms with E-state index in [0.717, 1.165) is 6.08 Å². The lowest BCUT2D eigenvalue weighted by Gasteiger charge is -2.07. The van der Waals surface area contributed by atoms with E-state index in [0.29, 0.717) is 10.0 Å². The van der Waals surface area contributed by atoms with Crippen LogP contribution in [0.1, 0.15) is 17.6 Å². The molecule has 0 aliphatic carbocycles. The number of rotatable bonds is 4. The Balaban J connectivity index is 2.78. The highest BCUT2D eigenvalue weighted by molar-refractivity contribution is 9.10. The zero-order valence-electron chi connectivity index (χ0n) is 8.34. The van der Waals surface area contributed by atoms with Gasteiger partial charge in [-0.3, -0.25) is 4.79 Å². The normalized spacial score (nSPS) is 10.2. The number of benzene rings is 1. The summed E-state index contributed by atoms with van der Waals surface area (Å²) in [4.78, 5) is 10.9. The predicted molar refractivity (Wildman–Crippen MR) is 61.1 cm³/mol. The Hall–Kier alpha value is -1.23. The number of carbonyl (C=O) groups is 1. The van der Waals surface area contributed by atoms with Crippen LogP contribution in [0.25, 0.3) is 0 Å².